The lowest BCUT2D eigenvalue weighted by Gasteiger charge is -2.55. The van der Waals surface area contributed by atoms with Crippen LogP contribution in [-0.2, 0) is 15.0 Å². The summed E-state index contributed by atoms with van der Waals surface area (Å²) in [6, 6.07) is 0.622. The van der Waals surface area contributed by atoms with Crippen LogP contribution in [0.3, 0.4) is 0 Å². The van der Waals surface area contributed by atoms with Crippen molar-refractivity contribution < 1.29 is 24.9 Å². The van der Waals surface area contributed by atoms with Gasteiger partial charge in [-0.25, -0.2) is 0 Å². The maximum absolute atomic E-state index is 12.3. The van der Waals surface area contributed by atoms with E-state index in [1.165, 1.54) is 22.7 Å². The summed E-state index contributed by atoms with van der Waals surface area (Å²) in [6.45, 7) is 1.70. The highest BCUT2D eigenvalue weighted by molar-refractivity contribution is 9.11. The molecule has 1 amide bonds. The number of thioether (sulfide) groups is 1. The first kappa shape index (κ1) is 17.8. The van der Waals surface area contributed by atoms with Gasteiger partial charge < -0.3 is 26.0 Å². The molecule has 1 aromatic rings. The van der Waals surface area contributed by atoms with Crippen molar-refractivity contribution in [2.75, 3.05) is 6.54 Å². The molecule has 0 spiro atoms. The zero-order chi connectivity index (χ0) is 18.0. The molecule has 5 N–H and O–H groups in total. The third-order valence-corrected chi connectivity index (χ3v) is 7.67. The number of hydrogen-bond donors (Lipinski definition) is 4. The van der Waals surface area contributed by atoms with Crippen LogP contribution in [0, 0.1) is 0 Å². The van der Waals surface area contributed by atoms with Crippen molar-refractivity contribution in [3.8, 4) is 11.5 Å². The Labute approximate surface area is 158 Å². The molecule has 2 aliphatic heterocycles. The van der Waals surface area contributed by atoms with Gasteiger partial charge in [0.2, 0.25) is 5.91 Å². The van der Waals surface area contributed by atoms with Gasteiger partial charge in [0.05, 0.1) is 4.47 Å². The van der Waals surface area contributed by atoms with E-state index in [1.807, 2.05) is 0 Å². The quantitative estimate of drug-likeness (QED) is 0.373. The Bertz CT molecular complexity index is 761. The zero-order valence-electron chi connectivity index (χ0n) is 12.4. The molecule has 24 heavy (non-hydrogen) atoms. The molecule has 0 bridgehead atoms. The molecule has 0 radical (unpaired) electrons. The molecule has 0 aromatic heterocycles. The van der Waals surface area contributed by atoms with E-state index in [4.69, 9.17) is 5.73 Å². The number of phenolic OH excluding ortho intramolecular Hbond substituents is 2. The minimum Gasteiger partial charge on any atom is -0.504 e. The summed E-state index contributed by atoms with van der Waals surface area (Å²) >= 11 is 7.78. The summed E-state index contributed by atoms with van der Waals surface area (Å²) in [5, 5.41) is 29.1. The van der Waals surface area contributed by atoms with E-state index in [1.54, 1.807) is 6.92 Å². The number of aliphatic carboxylic acids is 1. The summed E-state index contributed by atoms with van der Waals surface area (Å²) in [4.78, 5) is 25.8. The van der Waals surface area contributed by atoms with E-state index in [-0.39, 0.29) is 33.6 Å². The fourth-order valence-corrected chi connectivity index (χ4v) is 6.60. The molecule has 3 rings (SSSR count). The molecule has 1 aromatic carbocycles. The van der Waals surface area contributed by atoms with Gasteiger partial charge in [-0.2, -0.15) is 0 Å². The van der Waals surface area contributed by atoms with Crippen LogP contribution >= 0.6 is 43.6 Å². The second kappa shape index (κ2) is 5.79. The Morgan fingerprint density at radius 1 is 1.46 bits per heavy atom. The maximum atomic E-state index is 12.3. The van der Waals surface area contributed by atoms with Gasteiger partial charge in [0.25, 0.3) is 0 Å². The van der Waals surface area contributed by atoms with Gasteiger partial charge in [-0.3, -0.25) is 9.59 Å². The van der Waals surface area contributed by atoms with Gasteiger partial charge in [0, 0.05) is 21.8 Å². The number of phenols is 2. The Hall–Kier alpha value is -0.970. The van der Waals surface area contributed by atoms with E-state index in [2.05, 4.69) is 31.9 Å². The monoisotopic (exact) mass is 480 g/mol. The zero-order valence-corrected chi connectivity index (χ0v) is 16.4. The van der Waals surface area contributed by atoms with Gasteiger partial charge in [-0.1, -0.05) is 22.9 Å². The van der Waals surface area contributed by atoms with Crippen LogP contribution in [0.4, 0.5) is 0 Å². The molecule has 3 unspecified atom stereocenters. The van der Waals surface area contributed by atoms with Crippen molar-refractivity contribution in [1.82, 2.24) is 4.90 Å². The van der Waals surface area contributed by atoms with Gasteiger partial charge in [-0.05, 0) is 22.0 Å². The SMILES string of the molecule is CC1S[C@@H]2C(N)C(=O)N2CC1(C(=O)O)c1c(Br)cc(O)c(O)c1Br. The van der Waals surface area contributed by atoms with Crippen LogP contribution in [0.15, 0.2) is 15.0 Å². The van der Waals surface area contributed by atoms with Gasteiger partial charge in [-0.15, -0.1) is 11.8 Å². The summed E-state index contributed by atoms with van der Waals surface area (Å²) in [6.07, 6.45) is 0. The number of hydrogen-bond acceptors (Lipinski definition) is 6. The highest BCUT2D eigenvalue weighted by Gasteiger charge is 2.61. The molecule has 7 nitrogen and oxygen atoms in total. The summed E-state index contributed by atoms with van der Waals surface area (Å²) in [5.74, 6) is -2.24. The molecule has 0 aliphatic carbocycles. The number of β-lactam (4-membered cyclic amide) rings is 1. The Kier molecular flexibility index (Phi) is 4.30. The molecule has 2 fully saturated rings. The number of carbonyl (C=O) groups is 2. The Morgan fingerprint density at radius 2 is 2.08 bits per heavy atom. The number of halogens is 2. The van der Waals surface area contributed by atoms with Gasteiger partial charge >= 0.3 is 5.97 Å². The predicted octanol–water partition coefficient (Wildman–Crippen LogP) is 1.58. The van der Waals surface area contributed by atoms with E-state index < -0.39 is 28.4 Å². The Morgan fingerprint density at radius 3 is 2.67 bits per heavy atom. The lowest BCUT2D eigenvalue weighted by molar-refractivity contribution is -0.153. The van der Waals surface area contributed by atoms with Crippen molar-refractivity contribution in [2.45, 2.75) is 29.0 Å². The summed E-state index contributed by atoms with van der Waals surface area (Å²) in [7, 11) is 0. The van der Waals surface area contributed by atoms with Crippen molar-refractivity contribution >= 4 is 55.5 Å². The molecule has 10 heteroatoms. The number of carboxylic acids is 1. The largest absolute Gasteiger partial charge is 0.504 e. The number of amides is 1. The fraction of sp³-hybridized carbons (Fsp3) is 0.429. The lowest BCUT2D eigenvalue weighted by Crippen LogP contribution is -2.74. The normalized spacial score (nSPS) is 32.2. The molecular weight excluding hydrogens is 468 g/mol. The standard InChI is InChI=1S/C14H14Br2N2O5S/c1-4-14(13(22)23,3-18-11(21)9(17)12(18)24-4)7-5(15)2-6(19)10(20)8(7)16/h2,4,9,12,19-20H,3,17H2,1H3,(H,22,23)/t4?,9?,12-,14?/m1/s1. The maximum Gasteiger partial charge on any atom is 0.317 e. The van der Waals surface area contributed by atoms with Crippen molar-refractivity contribution in [1.29, 1.82) is 0 Å². The van der Waals surface area contributed by atoms with Crippen molar-refractivity contribution in [3.63, 3.8) is 0 Å². The number of rotatable bonds is 2. The highest BCUT2D eigenvalue weighted by Crippen LogP contribution is 2.53. The molecule has 0 saturated carbocycles. The molecule has 4 atom stereocenters. The van der Waals surface area contributed by atoms with Crippen molar-refractivity contribution in [3.05, 3.63) is 20.6 Å². The van der Waals surface area contributed by atoms with E-state index in [9.17, 15) is 24.9 Å². The van der Waals surface area contributed by atoms with Crippen LogP contribution in [0.25, 0.3) is 0 Å². The van der Waals surface area contributed by atoms with Crippen LogP contribution in [0.2, 0.25) is 0 Å². The summed E-state index contributed by atoms with van der Waals surface area (Å²) in [5.41, 5.74) is 4.60. The highest BCUT2D eigenvalue weighted by atomic mass is 79.9. The molecule has 2 saturated heterocycles. The van der Waals surface area contributed by atoms with Gasteiger partial charge in [0.1, 0.15) is 16.8 Å². The molecular formula is C14H14Br2N2O5S. The second-order valence-corrected chi connectivity index (χ2v) is 8.96. The topological polar surface area (TPSA) is 124 Å². The number of aromatic hydroxyl groups is 2. The number of nitrogens with two attached hydrogens (primary N) is 1. The predicted molar refractivity (Wildman–Crippen MR) is 95.0 cm³/mol. The number of carbonyl (C=O) groups excluding carboxylic acids is 1. The molecule has 2 aliphatic rings. The van der Waals surface area contributed by atoms with E-state index in [0.717, 1.165) is 0 Å². The van der Waals surface area contributed by atoms with Crippen LogP contribution in [0.1, 0.15) is 12.5 Å². The summed E-state index contributed by atoms with van der Waals surface area (Å²) < 4.78 is 0.412. The fourth-order valence-electron chi connectivity index (χ4n) is 3.24. The number of benzene rings is 1. The minimum absolute atomic E-state index is 0.0604. The number of fused-ring (bicyclic) bond motifs is 1. The average Bonchev–Trinajstić information content (AvgIpc) is 2.53. The second-order valence-electron chi connectivity index (χ2n) is 5.85. The van der Waals surface area contributed by atoms with Gasteiger partial charge in [0.15, 0.2) is 11.5 Å². The molecule has 130 valence electrons. The van der Waals surface area contributed by atoms with Crippen LogP contribution < -0.4 is 5.73 Å². The van der Waals surface area contributed by atoms with E-state index in [0.29, 0.717) is 4.47 Å². The first-order chi connectivity index (χ1) is 11.1. The first-order valence-corrected chi connectivity index (χ1v) is 9.51. The third kappa shape index (κ3) is 2.19. The molecule has 2 heterocycles. The van der Waals surface area contributed by atoms with Crippen molar-refractivity contribution in [2.24, 2.45) is 5.73 Å². The average molecular weight is 482 g/mol. The Balaban J connectivity index is 2.20. The van der Waals surface area contributed by atoms with E-state index >= 15 is 0 Å². The van der Waals surface area contributed by atoms with Crippen LogP contribution in [0.5, 0.6) is 11.5 Å². The third-order valence-electron chi connectivity index (χ3n) is 4.64. The minimum atomic E-state index is -1.47. The van der Waals surface area contributed by atoms with Crippen LogP contribution in [-0.4, -0.2) is 55.3 Å². The number of carboxylic acid groups (broad SMARTS) is 1. The smallest absolute Gasteiger partial charge is 0.317 e. The first-order valence-electron chi connectivity index (χ1n) is 6.98. The number of nitrogens with zero attached hydrogens (tertiary/aromatic N) is 1. The lowest BCUT2D eigenvalue weighted by atomic mass is 9.75.